The van der Waals surface area contributed by atoms with E-state index in [4.69, 9.17) is 4.42 Å². The maximum atomic E-state index is 13.1. The Morgan fingerprint density at radius 3 is 2.21 bits per heavy atom. The highest BCUT2D eigenvalue weighted by atomic mass is 16.3. The zero-order valence-corrected chi connectivity index (χ0v) is 18.3. The Morgan fingerprint density at radius 2 is 1.58 bits per heavy atom. The number of hydrogen-bond donors (Lipinski definition) is 2. The minimum atomic E-state index is -0.742. The summed E-state index contributed by atoms with van der Waals surface area (Å²) in [4.78, 5) is 40.1. The average Bonchev–Trinajstić information content (AvgIpc) is 3.40. The lowest BCUT2D eigenvalue weighted by Crippen LogP contribution is -2.53. The molecule has 2 heterocycles. The van der Waals surface area contributed by atoms with Gasteiger partial charge in [-0.25, -0.2) is 0 Å². The minimum Gasteiger partial charge on any atom is -0.459 e. The van der Waals surface area contributed by atoms with E-state index in [0.717, 1.165) is 5.56 Å². The van der Waals surface area contributed by atoms with Crippen LogP contribution in [0.3, 0.4) is 0 Å². The van der Waals surface area contributed by atoms with Crippen LogP contribution < -0.4 is 10.6 Å². The van der Waals surface area contributed by atoms with Gasteiger partial charge in [-0.3, -0.25) is 14.4 Å². The highest BCUT2D eigenvalue weighted by Gasteiger charge is 2.28. The van der Waals surface area contributed by atoms with Crippen LogP contribution in [-0.4, -0.2) is 47.8 Å². The van der Waals surface area contributed by atoms with Gasteiger partial charge in [-0.1, -0.05) is 48.5 Å². The maximum Gasteiger partial charge on any atom is 0.287 e. The molecule has 0 saturated carbocycles. The number of benzene rings is 2. The Morgan fingerprint density at radius 1 is 0.909 bits per heavy atom. The molecule has 2 N–H and O–H groups in total. The highest BCUT2D eigenvalue weighted by molar-refractivity contribution is 5.96. The predicted molar refractivity (Wildman–Crippen MR) is 124 cm³/mol. The van der Waals surface area contributed by atoms with Gasteiger partial charge in [0.1, 0.15) is 6.04 Å². The summed E-state index contributed by atoms with van der Waals surface area (Å²) >= 11 is 0. The number of furan rings is 1. The number of likely N-dealkylation sites (tertiary alicyclic amines) is 1. The second-order valence-electron chi connectivity index (χ2n) is 8.13. The molecule has 1 fully saturated rings. The Bertz CT molecular complexity index is 1060. The molecule has 1 aliphatic heterocycles. The molecule has 3 aromatic rings. The van der Waals surface area contributed by atoms with Crippen molar-refractivity contribution in [2.24, 2.45) is 0 Å². The molecule has 0 radical (unpaired) electrons. The standard InChI is InChI=1S/C26H27N3O4/c30-24(27-21-13-15-29(16-14-21)26(32)20-10-5-2-6-11-20)22(18-19-8-3-1-4-9-19)28-25(31)23-12-7-17-33-23/h1-12,17,21-22H,13-16,18H2,(H,27,30)(H,28,31). The number of carbonyl (C=O) groups is 3. The van der Waals surface area contributed by atoms with Crippen molar-refractivity contribution < 1.29 is 18.8 Å². The van der Waals surface area contributed by atoms with Crippen molar-refractivity contribution in [3.05, 3.63) is 95.9 Å². The molecule has 1 aliphatic rings. The molecule has 0 spiro atoms. The lowest BCUT2D eigenvalue weighted by atomic mass is 10.0. The van der Waals surface area contributed by atoms with Gasteiger partial charge >= 0.3 is 0 Å². The Labute approximate surface area is 192 Å². The quantitative estimate of drug-likeness (QED) is 0.585. The van der Waals surface area contributed by atoms with Crippen LogP contribution in [0.1, 0.15) is 39.3 Å². The van der Waals surface area contributed by atoms with E-state index in [2.05, 4.69) is 10.6 Å². The summed E-state index contributed by atoms with van der Waals surface area (Å²) < 4.78 is 5.17. The number of nitrogens with zero attached hydrogens (tertiary/aromatic N) is 1. The van der Waals surface area contributed by atoms with Crippen molar-refractivity contribution in [2.75, 3.05) is 13.1 Å². The van der Waals surface area contributed by atoms with Crippen LogP contribution in [0.2, 0.25) is 0 Å². The molecular weight excluding hydrogens is 418 g/mol. The molecule has 1 aromatic heterocycles. The Kier molecular flexibility index (Phi) is 7.19. The van der Waals surface area contributed by atoms with Gasteiger partial charge in [0.2, 0.25) is 5.91 Å². The third kappa shape index (κ3) is 5.88. The smallest absolute Gasteiger partial charge is 0.287 e. The molecule has 1 atom stereocenters. The summed E-state index contributed by atoms with van der Waals surface area (Å²) in [5, 5.41) is 5.86. The number of rotatable bonds is 7. The summed E-state index contributed by atoms with van der Waals surface area (Å²) in [6, 6.07) is 21.2. The van der Waals surface area contributed by atoms with Gasteiger partial charge < -0.3 is 20.0 Å². The molecule has 0 bridgehead atoms. The van der Waals surface area contributed by atoms with E-state index in [1.165, 1.54) is 6.26 Å². The monoisotopic (exact) mass is 445 g/mol. The van der Waals surface area contributed by atoms with Crippen molar-refractivity contribution in [2.45, 2.75) is 31.3 Å². The predicted octanol–water partition coefficient (Wildman–Crippen LogP) is 3.04. The maximum absolute atomic E-state index is 13.1. The zero-order chi connectivity index (χ0) is 23.0. The van der Waals surface area contributed by atoms with Crippen molar-refractivity contribution >= 4 is 17.7 Å². The minimum absolute atomic E-state index is 0.00745. The molecule has 1 saturated heterocycles. The first kappa shape index (κ1) is 22.3. The molecular formula is C26H27N3O4. The molecule has 0 aliphatic carbocycles. The molecule has 4 rings (SSSR count). The second-order valence-corrected chi connectivity index (χ2v) is 8.13. The summed E-state index contributed by atoms with van der Waals surface area (Å²) in [5.41, 5.74) is 1.62. The van der Waals surface area contributed by atoms with Crippen LogP contribution >= 0.6 is 0 Å². The van der Waals surface area contributed by atoms with Crippen LogP contribution in [0.5, 0.6) is 0 Å². The lowest BCUT2D eigenvalue weighted by molar-refractivity contribution is -0.123. The summed E-state index contributed by atoms with van der Waals surface area (Å²) in [6.07, 6.45) is 3.11. The van der Waals surface area contributed by atoms with Crippen LogP contribution in [0.4, 0.5) is 0 Å². The van der Waals surface area contributed by atoms with E-state index >= 15 is 0 Å². The molecule has 1 unspecified atom stereocenters. The van der Waals surface area contributed by atoms with Crippen LogP contribution in [-0.2, 0) is 11.2 Å². The average molecular weight is 446 g/mol. The van der Waals surface area contributed by atoms with E-state index in [0.29, 0.717) is 37.9 Å². The topological polar surface area (TPSA) is 91.7 Å². The molecule has 2 aromatic carbocycles. The molecule has 7 nitrogen and oxygen atoms in total. The number of hydrogen-bond acceptors (Lipinski definition) is 4. The van der Waals surface area contributed by atoms with E-state index < -0.39 is 11.9 Å². The van der Waals surface area contributed by atoms with Crippen molar-refractivity contribution in [1.29, 1.82) is 0 Å². The largest absolute Gasteiger partial charge is 0.459 e. The zero-order valence-electron chi connectivity index (χ0n) is 18.3. The first-order chi connectivity index (χ1) is 16.1. The summed E-state index contributed by atoms with van der Waals surface area (Å²) in [5.74, 6) is -0.507. The molecule has 170 valence electrons. The fourth-order valence-electron chi connectivity index (χ4n) is 3.99. The number of carbonyl (C=O) groups excluding carboxylic acids is 3. The van der Waals surface area contributed by atoms with Crippen LogP contribution in [0, 0.1) is 0 Å². The Hall–Kier alpha value is -3.87. The van der Waals surface area contributed by atoms with E-state index in [1.807, 2.05) is 65.6 Å². The summed E-state index contributed by atoms with van der Waals surface area (Å²) in [7, 11) is 0. The van der Waals surface area contributed by atoms with Crippen molar-refractivity contribution in [1.82, 2.24) is 15.5 Å². The molecule has 7 heteroatoms. The SMILES string of the molecule is O=C(NC(Cc1ccccc1)C(=O)NC1CCN(C(=O)c2ccccc2)CC1)c1ccco1. The summed E-state index contributed by atoms with van der Waals surface area (Å²) in [6.45, 7) is 1.14. The number of amides is 3. The van der Waals surface area contributed by atoms with Gasteiger partial charge in [0, 0.05) is 31.1 Å². The second kappa shape index (κ2) is 10.6. The van der Waals surface area contributed by atoms with Gasteiger partial charge in [-0.05, 0) is 42.7 Å². The van der Waals surface area contributed by atoms with Crippen molar-refractivity contribution in [3.8, 4) is 0 Å². The lowest BCUT2D eigenvalue weighted by Gasteiger charge is -2.33. The van der Waals surface area contributed by atoms with Crippen LogP contribution in [0.25, 0.3) is 0 Å². The first-order valence-electron chi connectivity index (χ1n) is 11.1. The van der Waals surface area contributed by atoms with Crippen LogP contribution in [0.15, 0.2) is 83.5 Å². The highest BCUT2D eigenvalue weighted by Crippen LogP contribution is 2.15. The van der Waals surface area contributed by atoms with Crippen molar-refractivity contribution in [3.63, 3.8) is 0 Å². The first-order valence-corrected chi connectivity index (χ1v) is 11.1. The van der Waals surface area contributed by atoms with E-state index in [-0.39, 0.29) is 23.6 Å². The van der Waals surface area contributed by atoms with Gasteiger partial charge in [0.05, 0.1) is 6.26 Å². The van der Waals surface area contributed by atoms with E-state index in [9.17, 15) is 14.4 Å². The van der Waals surface area contributed by atoms with Gasteiger partial charge in [-0.2, -0.15) is 0 Å². The third-order valence-electron chi connectivity index (χ3n) is 5.80. The normalized spacial score (nSPS) is 15.0. The fraction of sp³-hybridized carbons (Fsp3) is 0.269. The van der Waals surface area contributed by atoms with Gasteiger partial charge in [0.25, 0.3) is 11.8 Å². The molecule has 3 amide bonds. The number of nitrogens with one attached hydrogen (secondary N) is 2. The van der Waals surface area contributed by atoms with Gasteiger partial charge in [0.15, 0.2) is 5.76 Å². The van der Waals surface area contributed by atoms with Gasteiger partial charge in [-0.15, -0.1) is 0 Å². The fourth-order valence-corrected chi connectivity index (χ4v) is 3.99. The Balaban J connectivity index is 1.36. The van der Waals surface area contributed by atoms with E-state index in [1.54, 1.807) is 12.1 Å². The third-order valence-corrected chi connectivity index (χ3v) is 5.80. The number of piperidine rings is 1. The molecule has 33 heavy (non-hydrogen) atoms.